The zero-order valence-electron chi connectivity index (χ0n) is 27.2. The van der Waals surface area contributed by atoms with Gasteiger partial charge in [0.25, 0.3) is 0 Å². The van der Waals surface area contributed by atoms with Crippen LogP contribution in [0.3, 0.4) is 0 Å². The van der Waals surface area contributed by atoms with Crippen molar-refractivity contribution in [1.29, 1.82) is 0 Å². The van der Waals surface area contributed by atoms with Gasteiger partial charge in [-0.25, -0.2) is 13.6 Å². The minimum absolute atomic E-state index is 0.111. The molecular weight excluding hydrogens is 602 g/mol. The smallest absolute Gasteiger partial charge is 0.408 e. The molecule has 0 bridgehead atoms. The first-order valence-electron chi connectivity index (χ1n) is 15.5. The molecule has 45 heavy (non-hydrogen) atoms. The Kier molecular flexibility index (Phi) is 10.5. The van der Waals surface area contributed by atoms with Gasteiger partial charge < -0.3 is 19.9 Å². The fourth-order valence-corrected chi connectivity index (χ4v) is 6.27. The number of carbonyl (C=O) groups is 3. The van der Waals surface area contributed by atoms with Gasteiger partial charge in [-0.3, -0.25) is 14.5 Å². The average molecular weight is 647 g/mol. The number of halogens is 3. The minimum atomic E-state index is -0.892. The Hall–Kier alpha value is -3.24. The quantitative estimate of drug-likeness (QED) is 0.440. The molecule has 2 heterocycles. The van der Waals surface area contributed by atoms with E-state index in [9.17, 15) is 23.2 Å². The third-order valence-electron chi connectivity index (χ3n) is 8.51. The highest BCUT2D eigenvalue weighted by atomic mass is 35.5. The first-order chi connectivity index (χ1) is 20.9. The van der Waals surface area contributed by atoms with Gasteiger partial charge in [-0.2, -0.15) is 0 Å². The lowest BCUT2D eigenvalue weighted by Gasteiger charge is -2.42. The molecule has 2 aromatic carbocycles. The lowest BCUT2D eigenvalue weighted by molar-refractivity contribution is -0.146. The van der Waals surface area contributed by atoms with Crippen LogP contribution in [0.1, 0.15) is 65.5 Å². The van der Waals surface area contributed by atoms with E-state index in [0.29, 0.717) is 23.7 Å². The highest BCUT2D eigenvalue weighted by molar-refractivity contribution is 6.30. The van der Waals surface area contributed by atoms with Crippen molar-refractivity contribution in [3.63, 3.8) is 0 Å². The second-order valence-electron chi connectivity index (χ2n) is 14.1. The van der Waals surface area contributed by atoms with E-state index in [-0.39, 0.29) is 49.5 Å². The van der Waals surface area contributed by atoms with Crippen LogP contribution >= 0.6 is 11.6 Å². The number of likely N-dealkylation sites (tertiary alicyclic amines) is 1. The molecule has 0 aromatic heterocycles. The van der Waals surface area contributed by atoms with Crippen molar-refractivity contribution in [2.24, 2.45) is 5.92 Å². The normalized spacial score (nSPS) is 21.9. The zero-order valence-corrected chi connectivity index (χ0v) is 28.0. The monoisotopic (exact) mass is 646 g/mol. The van der Waals surface area contributed by atoms with E-state index in [1.54, 1.807) is 42.7 Å². The molecule has 2 aliphatic rings. The number of hydrogen-bond donors (Lipinski definition) is 1. The molecule has 0 saturated carbocycles. The van der Waals surface area contributed by atoms with Gasteiger partial charge in [0.2, 0.25) is 11.8 Å². The van der Waals surface area contributed by atoms with E-state index in [1.165, 1.54) is 12.1 Å². The molecule has 4 atom stereocenters. The van der Waals surface area contributed by atoms with Crippen LogP contribution in [0.2, 0.25) is 5.02 Å². The summed E-state index contributed by atoms with van der Waals surface area (Å²) in [5.74, 6) is -2.66. The van der Waals surface area contributed by atoms with E-state index in [1.807, 2.05) is 19.1 Å². The first-order valence-corrected chi connectivity index (χ1v) is 15.8. The van der Waals surface area contributed by atoms with Gasteiger partial charge in [0, 0.05) is 67.7 Å². The number of alkyl carbamates (subject to hydrolysis) is 1. The van der Waals surface area contributed by atoms with Gasteiger partial charge in [-0.1, -0.05) is 29.8 Å². The number of nitrogens with zero attached hydrogens (tertiary/aromatic N) is 3. The van der Waals surface area contributed by atoms with Gasteiger partial charge in [-0.15, -0.1) is 0 Å². The number of nitrogens with one attached hydrogen (secondary N) is 1. The predicted molar refractivity (Wildman–Crippen MR) is 170 cm³/mol. The summed E-state index contributed by atoms with van der Waals surface area (Å²) in [6, 6.07) is 9.41. The fourth-order valence-electron chi connectivity index (χ4n) is 6.14. The molecule has 4 rings (SSSR count). The predicted octanol–water partition coefficient (Wildman–Crippen LogP) is 5.63. The van der Waals surface area contributed by atoms with Crippen molar-refractivity contribution in [1.82, 2.24) is 20.0 Å². The lowest BCUT2D eigenvalue weighted by Crippen LogP contribution is -2.60. The van der Waals surface area contributed by atoms with Crippen LogP contribution in [0, 0.1) is 17.6 Å². The Morgan fingerprint density at radius 1 is 0.978 bits per heavy atom. The number of piperazine rings is 1. The van der Waals surface area contributed by atoms with Crippen molar-refractivity contribution in [3.8, 4) is 0 Å². The number of benzene rings is 2. The molecule has 0 aliphatic carbocycles. The molecule has 2 aromatic rings. The maximum Gasteiger partial charge on any atom is 0.408 e. The van der Waals surface area contributed by atoms with Crippen molar-refractivity contribution < 1.29 is 27.9 Å². The third-order valence-corrected chi connectivity index (χ3v) is 8.76. The maximum absolute atomic E-state index is 15.0. The Morgan fingerprint density at radius 2 is 1.64 bits per heavy atom. The molecule has 246 valence electrons. The maximum atomic E-state index is 15.0. The van der Waals surface area contributed by atoms with Crippen LogP contribution in [0.4, 0.5) is 13.6 Å². The van der Waals surface area contributed by atoms with Crippen molar-refractivity contribution >= 4 is 29.5 Å². The Morgan fingerprint density at radius 3 is 2.22 bits per heavy atom. The minimum Gasteiger partial charge on any atom is -0.444 e. The highest BCUT2D eigenvalue weighted by Gasteiger charge is 2.46. The molecule has 0 unspecified atom stereocenters. The van der Waals surface area contributed by atoms with E-state index in [0.717, 1.165) is 11.6 Å². The molecule has 2 aliphatic heterocycles. The summed E-state index contributed by atoms with van der Waals surface area (Å²) in [5.41, 5.74) is 0.164. The summed E-state index contributed by atoms with van der Waals surface area (Å²) >= 11 is 6.05. The molecule has 0 radical (unpaired) electrons. The largest absolute Gasteiger partial charge is 0.444 e. The first kappa shape index (κ1) is 34.6. The molecule has 11 heteroatoms. The zero-order chi connectivity index (χ0) is 33.3. The lowest BCUT2D eigenvalue weighted by atomic mass is 9.87. The van der Waals surface area contributed by atoms with Crippen LogP contribution in [-0.2, 0) is 20.7 Å². The van der Waals surface area contributed by atoms with E-state index in [2.05, 4.69) is 31.0 Å². The summed E-state index contributed by atoms with van der Waals surface area (Å²) in [4.78, 5) is 46.3. The van der Waals surface area contributed by atoms with E-state index < -0.39 is 41.2 Å². The number of amides is 3. The van der Waals surface area contributed by atoms with Gasteiger partial charge in [-0.05, 0) is 77.8 Å². The summed E-state index contributed by atoms with van der Waals surface area (Å²) in [5, 5.41) is 3.31. The number of ether oxygens (including phenoxy) is 1. The van der Waals surface area contributed by atoms with Crippen LogP contribution in [-0.4, -0.2) is 88.6 Å². The molecule has 2 saturated heterocycles. The van der Waals surface area contributed by atoms with Gasteiger partial charge in [0.15, 0.2) is 0 Å². The number of hydrogen-bond acceptors (Lipinski definition) is 5. The Bertz CT molecular complexity index is 1390. The molecule has 1 N–H and O–H groups in total. The number of rotatable bonds is 6. The SMILES string of the molecule is C[C@H]1CN(C(=O)[C@H](Cc2ccc(Cl)cc2)NC(=O)OC(C)(C)C)CCN1C(=O)[C@@H]1CN(C(C)(C)C)C[C@H]1c1ccc(F)cc1F. The van der Waals surface area contributed by atoms with Crippen LogP contribution in [0.25, 0.3) is 0 Å². The van der Waals surface area contributed by atoms with Gasteiger partial charge >= 0.3 is 6.09 Å². The van der Waals surface area contributed by atoms with Crippen LogP contribution in [0.5, 0.6) is 0 Å². The van der Waals surface area contributed by atoms with E-state index in [4.69, 9.17) is 16.3 Å². The molecule has 2 fully saturated rings. The van der Waals surface area contributed by atoms with Crippen LogP contribution < -0.4 is 5.32 Å². The van der Waals surface area contributed by atoms with Crippen molar-refractivity contribution in [2.45, 2.75) is 84.0 Å². The summed E-state index contributed by atoms with van der Waals surface area (Å²) in [6.07, 6.45) is -0.460. The van der Waals surface area contributed by atoms with E-state index >= 15 is 0 Å². The summed E-state index contributed by atoms with van der Waals surface area (Å²) < 4.78 is 34.2. The van der Waals surface area contributed by atoms with Gasteiger partial charge in [0.05, 0.1) is 5.92 Å². The fraction of sp³-hybridized carbons (Fsp3) is 0.559. The van der Waals surface area contributed by atoms with Crippen molar-refractivity contribution in [2.75, 3.05) is 32.7 Å². The van der Waals surface area contributed by atoms with Crippen LogP contribution in [0.15, 0.2) is 42.5 Å². The third kappa shape index (κ3) is 8.73. The topological polar surface area (TPSA) is 82.2 Å². The molecule has 8 nitrogen and oxygen atoms in total. The second kappa shape index (κ2) is 13.6. The second-order valence-corrected chi connectivity index (χ2v) is 14.6. The highest BCUT2D eigenvalue weighted by Crippen LogP contribution is 2.39. The van der Waals surface area contributed by atoms with Crippen molar-refractivity contribution in [3.05, 3.63) is 70.2 Å². The van der Waals surface area contributed by atoms with Gasteiger partial charge in [0.1, 0.15) is 23.3 Å². The molecule has 0 spiro atoms. The summed E-state index contributed by atoms with van der Waals surface area (Å²) in [7, 11) is 0. The Labute approximate surface area is 270 Å². The number of carbonyl (C=O) groups excluding carboxylic acids is 3. The Balaban J connectivity index is 1.50. The summed E-state index contributed by atoms with van der Waals surface area (Å²) in [6.45, 7) is 15.0. The standard InChI is InChI=1S/C34H45ClF2N4O4/c1-21-18-39(31(43)29(38-32(44)45-34(5,6)7)16-22-8-10-23(35)11-9-22)14-15-41(21)30(42)27-20-40(33(2,3)4)19-26(27)25-13-12-24(36)17-28(25)37/h8-13,17,21,26-27,29H,14-16,18-20H2,1-7H3,(H,38,44)/t21-,26-,27+,29-/m0/s1. The molecular formula is C34H45ClF2N4O4. The average Bonchev–Trinajstić information content (AvgIpc) is 3.38. The molecule has 3 amide bonds.